The highest BCUT2D eigenvalue weighted by atomic mass is 32.2. The van der Waals surface area contributed by atoms with E-state index >= 15 is 0 Å². The molecule has 0 saturated carbocycles. The Morgan fingerprint density at radius 3 is 2.14 bits per heavy atom. The fraction of sp³-hybridized carbons (Fsp3) is 0.231. The number of nitrogens with zero attached hydrogens (tertiary/aromatic N) is 2. The van der Waals surface area contributed by atoms with Crippen LogP contribution < -0.4 is 4.31 Å². The van der Waals surface area contributed by atoms with Gasteiger partial charge in [-0.25, -0.2) is 22.3 Å². The number of anilines is 1. The van der Waals surface area contributed by atoms with Crippen LogP contribution >= 0.6 is 11.8 Å². The molecule has 3 aromatic rings. The average molecular weight is 525 g/mol. The minimum absolute atomic E-state index is 0.0801. The van der Waals surface area contributed by atoms with Crippen LogP contribution in [0.25, 0.3) is 0 Å². The number of ether oxygens (including phenoxy) is 2. The number of thioether (sulfide) groups is 1. The topological polar surface area (TPSA) is 93.2 Å². The fourth-order valence-electron chi connectivity index (χ4n) is 5.07. The van der Waals surface area contributed by atoms with Crippen molar-refractivity contribution in [2.24, 2.45) is 0 Å². The van der Waals surface area contributed by atoms with E-state index in [4.69, 9.17) is 9.47 Å². The molecule has 1 fully saturated rings. The number of rotatable bonds is 5. The van der Waals surface area contributed by atoms with Gasteiger partial charge < -0.3 is 9.47 Å². The molecule has 10 heteroatoms. The van der Waals surface area contributed by atoms with Crippen LogP contribution in [0.1, 0.15) is 17.9 Å². The number of carbonyl (C=O) groups is 2. The number of carbonyl (C=O) groups excluding carboxylic acids is 2. The third-order valence-electron chi connectivity index (χ3n) is 6.53. The molecule has 2 heterocycles. The lowest BCUT2D eigenvalue weighted by atomic mass is 9.96. The first kappa shape index (κ1) is 24.2. The molecule has 0 bridgehead atoms. The third kappa shape index (κ3) is 3.63. The Bertz CT molecular complexity index is 1400. The Hall–Kier alpha value is -3.50. The Balaban J connectivity index is 1.74. The SMILES string of the molecule is COC(=O)N1[C@@H]2[C@H](C[C@@]1(Sc1ccccc1)C(=O)OC)c1ccccc1N2S(=O)(=O)c1ccccc1. The lowest BCUT2D eigenvalue weighted by Crippen LogP contribution is -2.58. The Morgan fingerprint density at radius 2 is 1.50 bits per heavy atom. The molecular formula is C26H24N2O6S2. The highest BCUT2D eigenvalue weighted by Gasteiger charge is 2.66. The molecule has 1 amide bonds. The van der Waals surface area contributed by atoms with Gasteiger partial charge in [-0.2, -0.15) is 0 Å². The molecule has 0 aromatic heterocycles. The summed E-state index contributed by atoms with van der Waals surface area (Å²) in [5.74, 6) is -1.15. The smallest absolute Gasteiger partial charge is 0.412 e. The molecule has 2 aliphatic rings. The molecule has 186 valence electrons. The number of para-hydroxylation sites is 1. The van der Waals surface area contributed by atoms with Crippen LogP contribution in [-0.4, -0.2) is 50.6 Å². The van der Waals surface area contributed by atoms with E-state index in [1.165, 1.54) is 35.6 Å². The summed E-state index contributed by atoms with van der Waals surface area (Å²) in [5, 5.41) is 0. The summed E-state index contributed by atoms with van der Waals surface area (Å²) in [4.78, 5) is 27.4. The number of methoxy groups -OCH3 is 2. The van der Waals surface area contributed by atoms with E-state index in [-0.39, 0.29) is 11.3 Å². The van der Waals surface area contributed by atoms with Gasteiger partial charge in [-0.05, 0) is 35.9 Å². The van der Waals surface area contributed by atoms with E-state index in [1.807, 2.05) is 42.5 Å². The van der Waals surface area contributed by atoms with Crippen LogP contribution in [0.15, 0.2) is 94.7 Å². The quantitative estimate of drug-likeness (QED) is 0.456. The molecule has 36 heavy (non-hydrogen) atoms. The Kier molecular flexibility index (Phi) is 6.17. The van der Waals surface area contributed by atoms with Crippen molar-refractivity contribution < 1.29 is 27.5 Å². The molecule has 5 rings (SSSR count). The van der Waals surface area contributed by atoms with Crippen LogP contribution in [0, 0.1) is 0 Å². The fourth-order valence-corrected chi connectivity index (χ4v) is 8.14. The summed E-state index contributed by atoms with van der Waals surface area (Å²) in [7, 11) is -1.65. The number of hydrogen-bond acceptors (Lipinski definition) is 7. The average Bonchev–Trinajstić information content (AvgIpc) is 3.40. The summed E-state index contributed by atoms with van der Waals surface area (Å²) >= 11 is 1.15. The van der Waals surface area contributed by atoms with Crippen LogP contribution in [0.5, 0.6) is 0 Å². The highest BCUT2D eigenvalue weighted by Crippen LogP contribution is 2.59. The van der Waals surface area contributed by atoms with Gasteiger partial charge in [0.2, 0.25) is 0 Å². The highest BCUT2D eigenvalue weighted by molar-refractivity contribution is 8.01. The molecule has 0 aliphatic carbocycles. The number of sulfonamides is 1. The first-order chi connectivity index (χ1) is 17.3. The van der Waals surface area contributed by atoms with Gasteiger partial charge in [-0.15, -0.1) is 0 Å². The molecule has 0 spiro atoms. The van der Waals surface area contributed by atoms with Gasteiger partial charge in [0.25, 0.3) is 10.0 Å². The van der Waals surface area contributed by atoms with Crippen LogP contribution in [-0.2, 0) is 24.3 Å². The zero-order valence-corrected chi connectivity index (χ0v) is 21.2. The largest absolute Gasteiger partial charge is 0.467 e. The van der Waals surface area contributed by atoms with Crippen molar-refractivity contribution in [1.82, 2.24) is 4.90 Å². The number of likely N-dealkylation sites (tertiary alicyclic amines) is 1. The maximum absolute atomic E-state index is 14.0. The van der Waals surface area contributed by atoms with Gasteiger partial charge in [0.05, 0.1) is 24.8 Å². The minimum atomic E-state index is -4.11. The van der Waals surface area contributed by atoms with E-state index in [0.29, 0.717) is 5.69 Å². The van der Waals surface area contributed by atoms with E-state index in [2.05, 4.69) is 0 Å². The standard InChI is InChI=1S/C26H24N2O6S2/c1-33-24(29)26(35-18-11-5-3-6-12-18)17-21-20-15-9-10-16-22(20)28(23(21)27(26)25(30)34-2)36(31,32)19-13-7-4-8-14-19/h3-16,21,23H,17H2,1-2H3/t21-,23+,26-/m1/s1. The molecule has 0 N–H and O–H groups in total. The summed E-state index contributed by atoms with van der Waals surface area (Å²) in [5.41, 5.74) is 1.20. The number of benzene rings is 3. The van der Waals surface area contributed by atoms with Crippen molar-refractivity contribution in [3.05, 3.63) is 90.5 Å². The maximum Gasteiger partial charge on any atom is 0.412 e. The van der Waals surface area contributed by atoms with Crippen molar-refractivity contribution in [3.8, 4) is 0 Å². The molecular weight excluding hydrogens is 500 g/mol. The third-order valence-corrected chi connectivity index (χ3v) is 9.70. The van der Waals surface area contributed by atoms with E-state index in [1.54, 1.807) is 30.3 Å². The van der Waals surface area contributed by atoms with Gasteiger partial charge >= 0.3 is 12.1 Å². The van der Waals surface area contributed by atoms with Crippen LogP contribution in [0.3, 0.4) is 0 Å². The van der Waals surface area contributed by atoms with Crippen molar-refractivity contribution >= 4 is 39.5 Å². The Labute approximate surface area is 213 Å². The van der Waals surface area contributed by atoms with Crippen molar-refractivity contribution in [2.75, 3.05) is 18.5 Å². The molecule has 2 aliphatic heterocycles. The molecule has 3 aromatic carbocycles. The van der Waals surface area contributed by atoms with E-state index < -0.39 is 39.0 Å². The first-order valence-corrected chi connectivity index (χ1v) is 13.5. The zero-order valence-electron chi connectivity index (χ0n) is 19.6. The predicted molar refractivity (Wildman–Crippen MR) is 135 cm³/mol. The summed E-state index contributed by atoms with van der Waals surface area (Å²) in [6.07, 6.45) is -1.72. The van der Waals surface area contributed by atoms with Gasteiger partial charge in [0, 0.05) is 17.2 Å². The minimum Gasteiger partial charge on any atom is -0.467 e. The lowest BCUT2D eigenvalue weighted by molar-refractivity contribution is -0.147. The molecule has 0 radical (unpaired) electrons. The number of hydrogen-bond donors (Lipinski definition) is 0. The number of esters is 1. The summed E-state index contributed by atoms with van der Waals surface area (Å²) in [6.45, 7) is 0. The van der Waals surface area contributed by atoms with Gasteiger partial charge in [0.15, 0.2) is 4.87 Å². The van der Waals surface area contributed by atoms with Gasteiger partial charge in [-0.3, -0.25) is 4.90 Å². The van der Waals surface area contributed by atoms with E-state index in [0.717, 1.165) is 22.2 Å². The van der Waals surface area contributed by atoms with Gasteiger partial charge in [-0.1, -0.05) is 66.4 Å². The number of amides is 1. The van der Waals surface area contributed by atoms with Crippen LogP contribution in [0.4, 0.5) is 10.5 Å². The molecule has 3 atom stereocenters. The summed E-state index contributed by atoms with van der Waals surface area (Å²) < 4.78 is 39.7. The van der Waals surface area contributed by atoms with Crippen molar-refractivity contribution in [3.63, 3.8) is 0 Å². The second-order valence-corrected chi connectivity index (χ2v) is 11.6. The van der Waals surface area contributed by atoms with Crippen molar-refractivity contribution in [2.45, 2.75) is 33.2 Å². The van der Waals surface area contributed by atoms with Crippen molar-refractivity contribution in [1.29, 1.82) is 0 Å². The molecule has 1 saturated heterocycles. The number of fused-ring (bicyclic) bond motifs is 3. The summed E-state index contributed by atoms with van der Waals surface area (Å²) in [6, 6.07) is 24.3. The zero-order chi connectivity index (χ0) is 25.5. The van der Waals surface area contributed by atoms with Crippen LogP contribution in [0.2, 0.25) is 0 Å². The maximum atomic E-state index is 14.0. The first-order valence-electron chi connectivity index (χ1n) is 11.2. The second kappa shape index (κ2) is 9.18. The lowest BCUT2D eigenvalue weighted by Gasteiger charge is -2.40. The predicted octanol–water partition coefficient (Wildman–Crippen LogP) is 4.44. The second-order valence-electron chi connectivity index (χ2n) is 8.43. The van der Waals surface area contributed by atoms with E-state index in [9.17, 15) is 18.0 Å². The normalized spacial score (nSPS) is 22.6. The Morgan fingerprint density at radius 1 is 0.889 bits per heavy atom. The monoisotopic (exact) mass is 524 g/mol. The van der Waals surface area contributed by atoms with Gasteiger partial charge in [0.1, 0.15) is 6.17 Å². The molecule has 8 nitrogen and oxygen atoms in total. The molecule has 0 unspecified atom stereocenters.